The van der Waals surface area contributed by atoms with E-state index in [1.807, 2.05) is 0 Å². The van der Waals surface area contributed by atoms with Gasteiger partial charge in [0.15, 0.2) is 11.6 Å². The lowest BCUT2D eigenvalue weighted by molar-refractivity contribution is 0.0759. The molecule has 1 atom stereocenters. The van der Waals surface area contributed by atoms with E-state index in [9.17, 15) is 13.6 Å². The van der Waals surface area contributed by atoms with Gasteiger partial charge in [0.1, 0.15) is 0 Å². The van der Waals surface area contributed by atoms with Crippen LogP contribution in [0.15, 0.2) is 18.2 Å². The van der Waals surface area contributed by atoms with Crippen LogP contribution in [0, 0.1) is 11.6 Å². The van der Waals surface area contributed by atoms with Crippen molar-refractivity contribution in [2.75, 3.05) is 27.3 Å². The maximum atomic E-state index is 13.4. The molecule has 1 aromatic carbocycles. The second kappa shape index (κ2) is 6.42. The molecule has 6 heteroatoms. The van der Waals surface area contributed by atoms with Gasteiger partial charge < -0.3 is 15.4 Å². The van der Waals surface area contributed by atoms with E-state index < -0.39 is 17.5 Å². The first-order chi connectivity index (χ1) is 8.47. The molecule has 0 spiro atoms. The molecule has 0 aromatic heterocycles. The van der Waals surface area contributed by atoms with Crippen molar-refractivity contribution in [2.45, 2.75) is 6.04 Å². The van der Waals surface area contributed by atoms with E-state index in [1.54, 1.807) is 0 Å². The van der Waals surface area contributed by atoms with Gasteiger partial charge in [0.25, 0.3) is 5.91 Å². The number of carbonyl (C=O) groups is 1. The predicted molar refractivity (Wildman–Crippen MR) is 63.2 cm³/mol. The zero-order valence-electron chi connectivity index (χ0n) is 10.3. The quantitative estimate of drug-likeness (QED) is 0.857. The highest BCUT2D eigenvalue weighted by Gasteiger charge is 2.19. The minimum atomic E-state index is -1.14. The number of hydrogen-bond donors (Lipinski definition) is 1. The number of methoxy groups -OCH3 is 1. The fourth-order valence-corrected chi connectivity index (χ4v) is 1.58. The summed E-state index contributed by atoms with van der Waals surface area (Å²) in [6.45, 7) is 0.478. The minimum absolute atomic E-state index is 0.197. The van der Waals surface area contributed by atoms with Crippen molar-refractivity contribution in [1.82, 2.24) is 4.90 Å². The van der Waals surface area contributed by atoms with Gasteiger partial charge in [-0.25, -0.2) is 8.78 Å². The average Bonchev–Trinajstić information content (AvgIpc) is 2.32. The van der Waals surface area contributed by atoms with Gasteiger partial charge in [0, 0.05) is 26.7 Å². The zero-order chi connectivity index (χ0) is 13.7. The third-order valence-corrected chi connectivity index (χ3v) is 2.42. The first-order valence-electron chi connectivity index (χ1n) is 5.41. The van der Waals surface area contributed by atoms with E-state index in [0.717, 1.165) is 6.07 Å². The van der Waals surface area contributed by atoms with Gasteiger partial charge in [-0.15, -0.1) is 0 Å². The SMILES string of the molecule is COCC(N)CN(C)C(=O)c1cccc(F)c1F. The van der Waals surface area contributed by atoms with Crippen LogP contribution >= 0.6 is 0 Å². The van der Waals surface area contributed by atoms with Crippen molar-refractivity contribution < 1.29 is 18.3 Å². The summed E-state index contributed by atoms with van der Waals surface area (Å²) < 4.78 is 31.3. The summed E-state index contributed by atoms with van der Waals surface area (Å²) >= 11 is 0. The molecule has 1 amide bonds. The number of rotatable bonds is 5. The van der Waals surface area contributed by atoms with Gasteiger partial charge in [-0.1, -0.05) is 6.07 Å². The number of nitrogens with two attached hydrogens (primary N) is 1. The minimum Gasteiger partial charge on any atom is -0.383 e. The standard InChI is InChI=1S/C12H16F2N2O2/c1-16(6-8(15)7-18-2)12(17)9-4-3-5-10(13)11(9)14/h3-5,8H,6-7,15H2,1-2H3. The summed E-state index contributed by atoms with van der Waals surface area (Å²) in [4.78, 5) is 13.1. The predicted octanol–water partition coefficient (Wildman–Crippen LogP) is 1.01. The van der Waals surface area contributed by atoms with Gasteiger partial charge in [-0.2, -0.15) is 0 Å². The van der Waals surface area contributed by atoms with Gasteiger partial charge >= 0.3 is 0 Å². The Morgan fingerprint density at radius 2 is 2.17 bits per heavy atom. The van der Waals surface area contributed by atoms with E-state index in [2.05, 4.69) is 0 Å². The van der Waals surface area contributed by atoms with Crippen LogP contribution in [-0.2, 0) is 4.74 Å². The van der Waals surface area contributed by atoms with Crippen molar-refractivity contribution in [1.29, 1.82) is 0 Å². The maximum absolute atomic E-state index is 13.4. The number of benzene rings is 1. The van der Waals surface area contributed by atoms with E-state index >= 15 is 0 Å². The van der Waals surface area contributed by atoms with Crippen molar-refractivity contribution >= 4 is 5.91 Å². The first-order valence-corrected chi connectivity index (χ1v) is 5.41. The van der Waals surface area contributed by atoms with Gasteiger partial charge in [0.2, 0.25) is 0 Å². The fourth-order valence-electron chi connectivity index (χ4n) is 1.58. The zero-order valence-corrected chi connectivity index (χ0v) is 10.3. The molecule has 2 N–H and O–H groups in total. The molecule has 0 bridgehead atoms. The van der Waals surface area contributed by atoms with Crippen LogP contribution in [0.4, 0.5) is 8.78 Å². The van der Waals surface area contributed by atoms with Crippen LogP contribution in [0.3, 0.4) is 0 Å². The van der Waals surface area contributed by atoms with E-state index in [0.29, 0.717) is 0 Å². The molecule has 0 aliphatic heterocycles. The summed E-state index contributed by atoms with van der Waals surface area (Å²) in [6.07, 6.45) is 0. The van der Waals surface area contributed by atoms with Crippen molar-refractivity contribution in [2.24, 2.45) is 5.73 Å². The van der Waals surface area contributed by atoms with Crippen LogP contribution < -0.4 is 5.73 Å². The summed E-state index contributed by atoms with van der Waals surface area (Å²) in [5, 5.41) is 0. The second-order valence-electron chi connectivity index (χ2n) is 4.00. The van der Waals surface area contributed by atoms with Crippen LogP contribution in [-0.4, -0.2) is 44.2 Å². The molecule has 0 aliphatic carbocycles. The molecule has 0 fully saturated rings. The first kappa shape index (κ1) is 14.5. The molecule has 0 heterocycles. The number of likely N-dealkylation sites (N-methyl/N-ethyl adjacent to an activating group) is 1. The number of amides is 1. The lowest BCUT2D eigenvalue weighted by Crippen LogP contribution is -2.41. The third-order valence-electron chi connectivity index (χ3n) is 2.42. The lowest BCUT2D eigenvalue weighted by atomic mass is 10.1. The Labute approximate surface area is 104 Å². The molecule has 4 nitrogen and oxygen atoms in total. The molecule has 1 unspecified atom stereocenters. The average molecular weight is 258 g/mol. The monoisotopic (exact) mass is 258 g/mol. The van der Waals surface area contributed by atoms with Crippen LogP contribution in [0.5, 0.6) is 0 Å². The smallest absolute Gasteiger partial charge is 0.256 e. The number of halogens is 2. The summed E-state index contributed by atoms with van der Waals surface area (Å²) in [5.41, 5.74) is 5.38. The molecule has 0 saturated heterocycles. The molecular weight excluding hydrogens is 242 g/mol. The van der Waals surface area contributed by atoms with E-state index in [1.165, 1.54) is 31.2 Å². The molecule has 18 heavy (non-hydrogen) atoms. The highest BCUT2D eigenvalue weighted by atomic mass is 19.2. The van der Waals surface area contributed by atoms with Gasteiger partial charge in [0.05, 0.1) is 12.2 Å². The summed E-state index contributed by atoms with van der Waals surface area (Å²) in [6, 6.07) is 3.11. The topological polar surface area (TPSA) is 55.6 Å². The van der Waals surface area contributed by atoms with Crippen molar-refractivity contribution in [3.8, 4) is 0 Å². The number of hydrogen-bond acceptors (Lipinski definition) is 3. The number of ether oxygens (including phenoxy) is 1. The molecular formula is C12H16F2N2O2. The summed E-state index contributed by atoms with van der Waals surface area (Å²) in [5.74, 6) is -2.80. The van der Waals surface area contributed by atoms with E-state index in [-0.39, 0.29) is 24.8 Å². The molecule has 100 valence electrons. The molecule has 0 saturated carbocycles. The largest absolute Gasteiger partial charge is 0.383 e. The number of nitrogens with zero attached hydrogens (tertiary/aromatic N) is 1. The third kappa shape index (κ3) is 3.48. The van der Waals surface area contributed by atoms with Crippen LogP contribution in [0.25, 0.3) is 0 Å². The Balaban J connectivity index is 2.77. The van der Waals surface area contributed by atoms with E-state index in [4.69, 9.17) is 10.5 Å². The van der Waals surface area contributed by atoms with Gasteiger partial charge in [-0.3, -0.25) is 4.79 Å². The molecule has 1 aromatic rings. The normalized spacial score (nSPS) is 12.3. The molecule has 1 rings (SSSR count). The molecule has 0 radical (unpaired) electrons. The molecule has 0 aliphatic rings. The highest BCUT2D eigenvalue weighted by molar-refractivity contribution is 5.94. The van der Waals surface area contributed by atoms with Gasteiger partial charge in [-0.05, 0) is 12.1 Å². The number of carbonyl (C=O) groups excluding carboxylic acids is 1. The van der Waals surface area contributed by atoms with Crippen molar-refractivity contribution in [3.05, 3.63) is 35.4 Å². The maximum Gasteiger partial charge on any atom is 0.256 e. The second-order valence-corrected chi connectivity index (χ2v) is 4.00. The Morgan fingerprint density at radius 3 is 2.78 bits per heavy atom. The van der Waals surface area contributed by atoms with Crippen molar-refractivity contribution in [3.63, 3.8) is 0 Å². The fraction of sp³-hybridized carbons (Fsp3) is 0.417. The van der Waals surface area contributed by atoms with Crippen LogP contribution in [0.1, 0.15) is 10.4 Å². The lowest BCUT2D eigenvalue weighted by Gasteiger charge is -2.21. The summed E-state index contributed by atoms with van der Waals surface area (Å²) in [7, 11) is 2.97. The van der Waals surface area contributed by atoms with Crippen LogP contribution in [0.2, 0.25) is 0 Å². The highest BCUT2D eigenvalue weighted by Crippen LogP contribution is 2.13. The Kier molecular flexibility index (Phi) is 5.18. The Morgan fingerprint density at radius 1 is 1.50 bits per heavy atom. The Bertz CT molecular complexity index is 427. The Hall–Kier alpha value is -1.53.